The van der Waals surface area contributed by atoms with Gasteiger partial charge in [0.15, 0.2) is 0 Å². The first-order valence-corrected chi connectivity index (χ1v) is 10.4. The van der Waals surface area contributed by atoms with Crippen molar-refractivity contribution in [1.82, 2.24) is 15.0 Å². The third kappa shape index (κ3) is 6.10. The highest BCUT2D eigenvalue weighted by molar-refractivity contribution is 5.81. The molecule has 0 bridgehead atoms. The van der Waals surface area contributed by atoms with E-state index in [1.54, 1.807) is 12.1 Å². The molecule has 1 heterocycles. The molecular formula is C24H22N8O2. The first kappa shape index (κ1) is 22.3. The molecule has 10 heteroatoms. The van der Waals surface area contributed by atoms with Crippen molar-refractivity contribution in [1.29, 1.82) is 0 Å². The van der Waals surface area contributed by atoms with Gasteiger partial charge in [-0.15, -0.1) is 0 Å². The lowest BCUT2D eigenvalue weighted by Gasteiger charge is -2.10. The van der Waals surface area contributed by atoms with Crippen LogP contribution in [0.3, 0.4) is 0 Å². The van der Waals surface area contributed by atoms with E-state index in [1.807, 2.05) is 62.4 Å². The minimum absolute atomic E-state index is 0.0155. The van der Waals surface area contributed by atoms with Gasteiger partial charge in [-0.05, 0) is 38.1 Å². The molecule has 170 valence electrons. The Kier molecular flexibility index (Phi) is 6.68. The molecule has 0 saturated heterocycles. The van der Waals surface area contributed by atoms with Gasteiger partial charge in [-0.2, -0.15) is 20.1 Å². The summed E-state index contributed by atoms with van der Waals surface area (Å²) in [7, 11) is 0. The number of hydrogen-bond donors (Lipinski definition) is 3. The molecule has 1 aromatic heterocycles. The fourth-order valence-electron chi connectivity index (χ4n) is 2.95. The number of anilines is 5. The molecule has 0 aliphatic carbocycles. The van der Waals surface area contributed by atoms with Crippen LogP contribution in [-0.4, -0.2) is 26.1 Å². The zero-order chi connectivity index (χ0) is 23.9. The Morgan fingerprint density at radius 2 is 1.32 bits per heavy atom. The first-order chi connectivity index (χ1) is 16.4. The number of hydrazone groups is 1. The van der Waals surface area contributed by atoms with Crippen LogP contribution < -0.4 is 16.1 Å². The lowest BCUT2D eigenvalue weighted by molar-refractivity contribution is -0.384. The van der Waals surface area contributed by atoms with Crippen LogP contribution in [-0.2, 0) is 0 Å². The number of nitrogens with zero attached hydrogens (tertiary/aromatic N) is 5. The van der Waals surface area contributed by atoms with Crippen LogP contribution in [0.25, 0.3) is 0 Å². The number of benzene rings is 3. The van der Waals surface area contributed by atoms with Gasteiger partial charge in [0.2, 0.25) is 17.8 Å². The molecule has 34 heavy (non-hydrogen) atoms. The number of aromatic nitrogens is 3. The molecular weight excluding hydrogens is 432 g/mol. The Bertz CT molecular complexity index is 1260. The average Bonchev–Trinajstić information content (AvgIpc) is 2.82. The number of nitrogens with one attached hydrogen (secondary N) is 3. The number of non-ortho nitro benzene ring substituents is 1. The van der Waals surface area contributed by atoms with Crippen LogP contribution in [0.5, 0.6) is 0 Å². The summed E-state index contributed by atoms with van der Waals surface area (Å²) < 4.78 is 0. The van der Waals surface area contributed by atoms with E-state index in [9.17, 15) is 10.1 Å². The smallest absolute Gasteiger partial charge is 0.270 e. The van der Waals surface area contributed by atoms with E-state index < -0.39 is 4.92 Å². The summed E-state index contributed by atoms with van der Waals surface area (Å²) in [6, 6.07) is 21.8. The Morgan fingerprint density at radius 1 is 0.794 bits per heavy atom. The molecule has 0 saturated carbocycles. The molecule has 3 N–H and O–H groups in total. The highest BCUT2D eigenvalue weighted by Gasteiger charge is 2.08. The van der Waals surface area contributed by atoms with Gasteiger partial charge in [0, 0.05) is 29.1 Å². The lowest BCUT2D eigenvalue weighted by atomic mass is 10.2. The molecule has 0 spiro atoms. The van der Waals surface area contributed by atoms with Gasteiger partial charge in [0.1, 0.15) is 0 Å². The summed E-state index contributed by atoms with van der Waals surface area (Å²) in [5.74, 6) is 0.837. The number of rotatable bonds is 8. The van der Waals surface area contributed by atoms with Crippen LogP contribution in [0, 0.1) is 24.0 Å². The van der Waals surface area contributed by atoms with Gasteiger partial charge in [-0.1, -0.05) is 47.5 Å². The molecule has 0 radical (unpaired) electrons. The largest absolute Gasteiger partial charge is 0.324 e. The van der Waals surface area contributed by atoms with Crippen LogP contribution in [0.4, 0.5) is 34.9 Å². The average molecular weight is 454 g/mol. The van der Waals surface area contributed by atoms with Crippen molar-refractivity contribution in [3.8, 4) is 0 Å². The molecule has 4 aromatic rings. The van der Waals surface area contributed by atoms with E-state index in [0.29, 0.717) is 17.5 Å². The molecule has 4 rings (SSSR count). The normalized spacial score (nSPS) is 10.8. The highest BCUT2D eigenvalue weighted by Crippen LogP contribution is 2.19. The van der Waals surface area contributed by atoms with Crippen molar-refractivity contribution in [2.75, 3.05) is 16.1 Å². The standard InChI is InChI=1S/C24H22N8O2/c1-16-6-10-19(11-7-16)26-22-28-23(27-20-12-8-17(2)9-13-20)30-24(29-22)31-25-15-18-4-3-5-21(14-18)32(33)34/h3-15H,1-2H3,(H3,26,27,28,29,30,31)/b25-15+. The lowest BCUT2D eigenvalue weighted by Crippen LogP contribution is -2.07. The molecule has 10 nitrogen and oxygen atoms in total. The number of nitro benzene ring substituents is 1. The fraction of sp³-hybridized carbons (Fsp3) is 0.0833. The van der Waals surface area contributed by atoms with E-state index >= 15 is 0 Å². The van der Waals surface area contributed by atoms with E-state index in [4.69, 9.17) is 0 Å². The summed E-state index contributed by atoms with van der Waals surface area (Å²) in [5.41, 5.74) is 7.24. The van der Waals surface area contributed by atoms with Crippen LogP contribution in [0.1, 0.15) is 16.7 Å². The summed E-state index contributed by atoms with van der Waals surface area (Å²) in [6.45, 7) is 4.02. The van der Waals surface area contributed by atoms with Crippen molar-refractivity contribution in [2.45, 2.75) is 13.8 Å². The van der Waals surface area contributed by atoms with Gasteiger partial charge < -0.3 is 10.6 Å². The van der Waals surface area contributed by atoms with E-state index in [-0.39, 0.29) is 11.6 Å². The maximum atomic E-state index is 11.0. The van der Waals surface area contributed by atoms with E-state index in [1.165, 1.54) is 18.3 Å². The fourth-order valence-corrected chi connectivity index (χ4v) is 2.95. The Hall–Kier alpha value is -4.86. The predicted molar refractivity (Wildman–Crippen MR) is 133 cm³/mol. The second-order valence-corrected chi connectivity index (χ2v) is 7.51. The number of aryl methyl sites for hydroxylation is 2. The molecule has 0 amide bonds. The second kappa shape index (κ2) is 10.2. The molecule has 3 aromatic carbocycles. The number of hydrogen-bond acceptors (Lipinski definition) is 9. The van der Waals surface area contributed by atoms with Crippen molar-refractivity contribution in [2.24, 2.45) is 5.10 Å². The van der Waals surface area contributed by atoms with E-state index in [2.05, 4.69) is 36.1 Å². The maximum Gasteiger partial charge on any atom is 0.270 e. The van der Waals surface area contributed by atoms with Crippen molar-refractivity contribution < 1.29 is 4.92 Å². The zero-order valence-electron chi connectivity index (χ0n) is 18.6. The van der Waals surface area contributed by atoms with Crippen molar-refractivity contribution >= 4 is 41.1 Å². The van der Waals surface area contributed by atoms with Gasteiger partial charge in [-0.25, -0.2) is 5.43 Å². The molecule has 0 atom stereocenters. The van der Waals surface area contributed by atoms with Crippen molar-refractivity contribution in [3.05, 3.63) is 99.6 Å². The highest BCUT2D eigenvalue weighted by atomic mass is 16.6. The molecule has 0 aliphatic rings. The van der Waals surface area contributed by atoms with E-state index in [0.717, 1.165) is 22.5 Å². The summed E-state index contributed by atoms with van der Waals surface area (Å²) in [6.07, 6.45) is 1.46. The quantitative estimate of drug-likeness (QED) is 0.185. The van der Waals surface area contributed by atoms with Gasteiger partial charge in [0.05, 0.1) is 11.1 Å². The minimum Gasteiger partial charge on any atom is -0.324 e. The first-order valence-electron chi connectivity index (χ1n) is 10.4. The van der Waals surface area contributed by atoms with Crippen molar-refractivity contribution in [3.63, 3.8) is 0 Å². The monoisotopic (exact) mass is 454 g/mol. The third-order valence-electron chi connectivity index (χ3n) is 4.71. The van der Waals surface area contributed by atoms with Crippen LogP contribution >= 0.6 is 0 Å². The zero-order valence-corrected chi connectivity index (χ0v) is 18.6. The number of nitro groups is 1. The SMILES string of the molecule is Cc1ccc(Nc2nc(N/N=C/c3cccc([N+](=O)[O-])c3)nc(Nc3ccc(C)cc3)n2)cc1. The second-order valence-electron chi connectivity index (χ2n) is 7.51. The van der Waals surface area contributed by atoms with Gasteiger partial charge >= 0.3 is 0 Å². The van der Waals surface area contributed by atoms with Gasteiger partial charge in [-0.3, -0.25) is 10.1 Å². The van der Waals surface area contributed by atoms with Gasteiger partial charge in [0.25, 0.3) is 5.69 Å². The molecule has 0 unspecified atom stereocenters. The Morgan fingerprint density at radius 3 is 1.85 bits per heavy atom. The topological polar surface area (TPSA) is 130 Å². The molecule has 0 fully saturated rings. The van der Waals surface area contributed by atoms with Crippen LogP contribution in [0.2, 0.25) is 0 Å². The molecule has 0 aliphatic heterocycles. The maximum absolute atomic E-state index is 11.0. The predicted octanol–water partition coefficient (Wildman–Crippen LogP) is 5.33. The minimum atomic E-state index is -0.456. The summed E-state index contributed by atoms with van der Waals surface area (Å²) in [5, 5.41) is 21.4. The third-order valence-corrected chi connectivity index (χ3v) is 4.71. The van der Waals surface area contributed by atoms with Crippen LogP contribution in [0.15, 0.2) is 77.9 Å². The Balaban J connectivity index is 1.57. The Labute approximate surface area is 196 Å². The summed E-state index contributed by atoms with van der Waals surface area (Å²) in [4.78, 5) is 23.7. The summed E-state index contributed by atoms with van der Waals surface area (Å²) >= 11 is 0.